The number of nitrogens with zero attached hydrogens (tertiary/aromatic N) is 1. The summed E-state index contributed by atoms with van der Waals surface area (Å²) >= 11 is 0. The van der Waals surface area contributed by atoms with Gasteiger partial charge in [-0.1, -0.05) is 109 Å². The van der Waals surface area contributed by atoms with E-state index < -0.39 is 0 Å². The van der Waals surface area contributed by atoms with Crippen molar-refractivity contribution < 1.29 is 4.42 Å². The number of hydrogen-bond acceptors (Lipinski definition) is 2. The van der Waals surface area contributed by atoms with Gasteiger partial charge < -0.3 is 9.32 Å². The molecule has 0 aliphatic rings. The van der Waals surface area contributed by atoms with E-state index in [4.69, 9.17) is 4.42 Å². The van der Waals surface area contributed by atoms with Crippen LogP contribution in [0.25, 0.3) is 54.6 Å². The monoisotopic (exact) mass is 511 g/mol. The highest BCUT2D eigenvalue weighted by molar-refractivity contribution is 6.17. The van der Waals surface area contributed by atoms with Gasteiger partial charge in [-0.3, -0.25) is 0 Å². The minimum Gasteiger partial charge on any atom is -0.455 e. The highest BCUT2D eigenvalue weighted by atomic mass is 16.3. The van der Waals surface area contributed by atoms with E-state index in [0.717, 1.165) is 50.1 Å². The van der Waals surface area contributed by atoms with Crippen LogP contribution in [-0.2, 0) is 0 Å². The molecule has 1 aromatic heterocycles. The second-order valence-electron chi connectivity index (χ2n) is 10.2. The molecule has 0 N–H and O–H groups in total. The smallest absolute Gasteiger partial charge is 0.145 e. The standard InChI is InChI=1S/C38H25NO/c1-3-11-26(12-4-1)32-23-24-35(37-33-17-9-10-18-36(33)40-38(32)37)39(29-14-5-2-6-15-29)30-22-21-28-20-19-27-13-7-8-16-31(27)34(28)25-30/h1-25H. The van der Waals surface area contributed by atoms with Crippen LogP contribution in [0.15, 0.2) is 156 Å². The average molecular weight is 512 g/mol. The number of fused-ring (bicyclic) bond motifs is 6. The molecule has 0 spiro atoms. The van der Waals surface area contributed by atoms with Crippen molar-refractivity contribution in [1.82, 2.24) is 0 Å². The van der Waals surface area contributed by atoms with Crippen molar-refractivity contribution in [2.75, 3.05) is 4.90 Å². The lowest BCUT2D eigenvalue weighted by Gasteiger charge is -2.27. The van der Waals surface area contributed by atoms with Crippen LogP contribution < -0.4 is 4.90 Å². The Morgan fingerprint density at radius 2 is 1.10 bits per heavy atom. The van der Waals surface area contributed by atoms with Crippen molar-refractivity contribution in [2.45, 2.75) is 0 Å². The molecule has 2 heteroatoms. The van der Waals surface area contributed by atoms with E-state index in [9.17, 15) is 0 Å². The second-order valence-corrected chi connectivity index (χ2v) is 10.2. The van der Waals surface area contributed by atoms with Gasteiger partial charge in [-0.15, -0.1) is 0 Å². The average Bonchev–Trinajstić information content (AvgIpc) is 3.42. The maximum atomic E-state index is 6.60. The third-order valence-corrected chi connectivity index (χ3v) is 7.83. The van der Waals surface area contributed by atoms with Gasteiger partial charge in [-0.25, -0.2) is 0 Å². The molecule has 0 fully saturated rings. The van der Waals surface area contributed by atoms with Crippen molar-refractivity contribution in [2.24, 2.45) is 0 Å². The summed E-state index contributed by atoms with van der Waals surface area (Å²) in [6.45, 7) is 0. The first-order valence-corrected chi connectivity index (χ1v) is 13.6. The van der Waals surface area contributed by atoms with Crippen molar-refractivity contribution >= 4 is 60.5 Å². The summed E-state index contributed by atoms with van der Waals surface area (Å²) in [5.41, 5.74) is 7.31. The van der Waals surface area contributed by atoms with Crippen molar-refractivity contribution in [3.05, 3.63) is 152 Å². The van der Waals surface area contributed by atoms with Crippen LogP contribution in [0.2, 0.25) is 0 Å². The molecule has 0 saturated heterocycles. The Morgan fingerprint density at radius 1 is 0.450 bits per heavy atom. The van der Waals surface area contributed by atoms with Gasteiger partial charge in [0.15, 0.2) is 0 Å². The van der Waals surface area contributed by atoms with Gasteiger partial charge in [0.05, 0.1) is 11.1 Å². The van der Waals surface area contributed by atoms with Crippen LogP contribution in [-0.4, -0.2) is 0 Å². The van der Waals surface area contributed by atoms with E-state index in [1.165, 1.54) is 21.5 Å². The maximum Gasteiger partial charge on any atom is 0.145 e. The number of anilines is 3. The Morgan fingerprint density at radius 3 is 1.93 bits per heavy atom. The predicted molar refractivity (Wildman–Crippen MR) is 169 cm³/mol. The molecule has 1 heterocycles. The summed E-state index contributed by atoms with van der Waals surface area (Å²) in [7, 11) is 0. The minimum atomic E-state index is 0.889. The Kier molecular flexibility index (Phi) is 5.17. The first-order chi connectivity index (χ1) is 19.8. The fourth-order valence-electron chi connectivity index (χ4n) is 5.98. The van der Waals surface area contributed by atoms with Gasteiger partial charge in [0.2, 0.25) is 0 Å². The first-order valence-electron chi connectivity index (χ1n) is 13.6. The summed E-state index contributed by atoms with van der Waals surface area (Å²) in [5, 5.41) is 7.19. The van der Waals surface area contributed by atoms with Gasteiger partial charge in [0, 0.05) is 22.3 Å². The molecule has 0 saturated carbocycles. The number of hydrogen-bond donors (Lipinski definition) is 0. The molecule has 188 valence electrons. The van der Waals surface area contributed by atoms with Gasteiger partial charge in [-0.05, 0) is 69.6 Å². The lowest BCUT2D eigenvalue weighted by molar-refractivity contribution is 0.670. The van der Waals surface area contributed by atoms with Gasteiger partial charge >= 0.3 is 0 Å². The molecular weight excluding hydrogens is 486 g/mol. The lowest BCUT2D eigenvalue weighted by Crippen LogP contribution is -2.10. The molecule has 0 aliphatic heterocycles. The summed E-state index contributed by atoms with van der Waals surface area (Å²) in [6.07, 6.45) is 0. The maximum absolute atomic E-state index is 6.60. The van der Waals surface area contributed by atoms with Crippen molar-refractivity contribution in [3.8, 4) is 11.1 Å². The van der Waals surface area contributed by atoms with Crippen molar-refractivity contribution in [1.29, 1.82) is 0 Å². The first kappa shape index (κ1) is 22.6. The van der Waals surface area contributed by atoms with Crippen LogP contribution >= 0.6 is 0 Å². The molecule has 40 heavy (non-hydrogen) atoms. The topological polar surface area (TPSA) is 16.4 Å². The van der Waals surface area contributed by atoms with E-state index in [1.54, 1.807) is 0 Å². The number of para-hydroxylation sites is 2. The summed E-state index contributed by atoms with van der Waals surface area (Å²) in [4.78, 5) is 2.36. The molecule has 7 aromatic carbocycles. The molecule has 0 aliphatic carbocycles. The van der Waals surface area contributed by atoms with Gasteiger partial charge in [0.25, 0.3) is 0 Å². The zero-order valence-corrected chi connectivity index (χ0v) is 21.8. The third kappa shape index (κ3) is 3.58. The van der Waals surface area contributed by atoms with E-state index in [1.807, 2.05) is 12.1 Å². The van der Waals surface area contributed by atoms with E-state index in [0.29, 0.717) is 0 Å². The quantitative estimate of drug-likeness (QED) is 0.218. The van der Waals surface area contributed by atoms with Crippen LogP contribution in [0.1, 0.15) is 0 Å². The highest BCUT2D eigenvalue weighted by Crippen LogP contribution is 2.46. The number of benzene rings is 7. The molecule has 8 aromatic rings. The van der Waals surface area contributed by atoms with Crippen molar-refractivity contribution in [3.63, 3.8) is 0 Å². The zero-order valence-electron chi connectivity index (χ0n) is 21.8. The fourth-order valence-corrected chi connectivity index (χ4v) is 5.98. The Balaban J connectivity index is 1.45. The summed E-state index contributed by atoms with van der Waals surface area (Å²) in [5.74, 6) is 0. The Bertz CT molecular complexity index is 2160. The number of furan rings is 1. The zero-order chi connectivity index (χ0) is 26.5. The van der Waals surface area contributed by atoms with Crippen LogP contribution in [0.5, 0.6) is 0 Å². The highest BCUT2D eigenvalue weighted by Gasteiger charge is 2.22. The SMILES string of the molecule is c1ccc(-c2ccc(N(c3ccccc3)c3ccc4ccc5ccccc5c4c3)c3c2oc2ccccc23)cc1. The summed E-state index contributed by atoms with van der Waals surface area (Å²) in [6, 6.07) is 53.7. The van der Waals surface area contributed by atoms with Crippen LogP contribution in [0.3, 0.4) is 0 Å². The Hall–Kier alpha value is -5.34. The minimum absolute atomic E-state index is 0.889. The molecule has 0 atom stereocenters. The largest absolute Gasteiger partial charge is 0.455 e. The molecule has 8 rings (SSSR count). The molecule has 0 unspecified atom stereocenters. The molecule has 0 bridgehead atoms. The Labute approximate surface area is 232 Å². The second kappa shape index (κ2) is 9.14. The number of rotatable bonds is 4. The third-order valence-electron chi connectivity index (χ3n) is 7.83. The van der Waals surface area contributed by atoms with Gasteiger partial charge in [0.1, 0.15) is 11.2 Å². The molecule has 0 amide bonds. The van der Waals surface area contributed by atoms with E-state index in [-0.39, 0.29) is 0 Å². The van der Waals surface area contributed by atoms with E-state index in [2.05, 4.69) is 144 Å². The molecular formula is C38H25NO. The lowest BCUT2D eigenvalue weighted by atomic mass is 9.99. The fraction of sp³-hybridized carbons (Fsp3) is 0. The molecule has 2 nitrogen and oxygen atoms in total. The normalized spacial score (nSPS) is 11.5. The van der Waals surface area contributed by atoms with Gasteiger partial charge in [-0.2, -0.15) is 0 Å². The van der Waals surface area contributed by atoms with E-state index >= 15 is 0 Å². The van der Waals surface area contributed by atoms with Crippen LogP contribution in [0.4, 0.5) is 17.1 Å². The van der Waals surface area contributed by atoms with Crippen LogP contribution in [0, 0.1) is 0 Å². The predicted octanol–water partition coefficient (Wildman–Crippen LogP) is 11.0. The summed E-state index contributed by atoms with van der Waals surface area (Å²) < 4.78 is 6.60. The molecule has 0 radical (unpaired) electrons.